The van der Waals surface area contributed by atoms with Gasteiger partial charge in [0, 0.05) is 27.9 Å². The number of rotatable bonds is 4. The van der Waals surface area contributed by atoms with Gasteiger partial charge in [0.25, 0.3) is 5.69 Å². The van der Waals surface area contributed by atoms with Gasteiger partial charge >= 0.3 is 6.03 Å². The van der Waals surface area contributed by atoms with Gasteiger partial charge in [-0.05, 0) is 42.8 Å². The third-order valence-electron chi connectivity index (χ3n) is 4.12. The number of amides is 2. The Hall–Kier alpha value is -2.90. The van der Waals surface area contributed by atoms with Crippen LogP contribution in [0.4, 0.5) is 10.5 Å². The molecule has 0 fully saturated rings. The molecular formula is C18H13Cl2N3O4. The molecule has 1 aliphatic heterocycles. The first-order valence-corrected chi connectivity index (χ1v) is 8.56. The lowest BCUT2D eigenvalue weighted by Crippen LogP contribution is -2.45. The molecule has 2 amide bonds. The summed E-state index contributed by atoms with van der Waals surface area (Å²) in [6.45, 7) is 1.60. The van der Waals surface area contributed by atoms with Gasteiger partial charge in [-0.15, -0.1) is 0 Å². The van der Waals surface area contributed by atoms with E-state index in [9.17, 15) is 19.7 Å². The molecule has 0 bridgehead atoms. The molecule has 7 nitrogen and oxygen atoms in total. The number of hydrogen-bond acceptors (Lipinski definition) is 4. The number of urea groups is 1. The van der Waals surface area contributed by atoms with Gasteiger partial charge in [-0.25, -0.2) is 4.79 Å². The highest BCUT2D eigenvalue weighted by Crippen LogP contribution is 2.34. The molecule has 3 rings (SSSR count). The van der Waals surface area contributed by atoms with Crippen LogP contribution in [0.5, 0.6) is 0 Å². The number of nitrogens with one attached hydrogen (secondary N) is 2. The van der Waals surface area contributed by atoms with E-state index in [-0.39, 0.29) is 22.1 Å². The number of Topliss-reactive ketones (excluding diaryl/α,β-unsaturated/α-hetero) is 1. The van der Waals surface area contributed by atoms with Crippen molar-refractivity contribution in [3.8, 4) is 0 Å². The van der Waals surface area contributed by atoms with E-state index in [0.717, 1.165) is 0 Å². The molecule has 0 saturated heterocycles. The second-order valence-corrected chi connectivity index (χ2v) is 6.72. The number of nitro groups is 1. The lowest BCUT2D eigenvalue weighted by Gasteiger charge is -2.28. The van der Waals surface area contributed by atoms with Crippen LogP contribution in [0.25, 0.3) is 0 Å². The molecule has 1 atom stereocenters. The summed E-state index contributed by atoms with van der Waals surface area (Å²) in [5, 5.41) is 16.8. The summed E-state index contributed by atoms with van der Waals surface area (Å²) >= 11 is 11.7. The van der Waals surface area contributed by atoms with Gasteiger partial charge in [0.2, 0.25) is 0 Å². The first-order valence-electron chi connectivity index (χ1n) is 7.80. The van der Waals surface area contributed by atoms with Crippen molar-refractivity contribution in [3.05, 3.63) is 85.0 Å². The highest BCUT2D eigenvalue weighted by atomic mass is 35.5. The van der Waals surface area contributed by atoms with E-state index in [1.807, 2.05) is 0 Å². The molecule has 0 saturated carbocycles. The first-order chi connectivity index (χ1) is 12.8. The summed E-state index contributed by atoms with van der Waals surface area (Å²) in [5.41, 5.74) is 1.07. The SMILES string of the molecule is CC1=C(C(=O)c2ccc(Cl)cc2)[C@@H](c2ccc(Cl)c([N+](=O)[O-])c2)NC(=O)N1. The minimum absolute atomic E-state index is 0.0321. The summed E-state index contributed by atoms with van der Waals surface area (Å²) in [4.78, 5) is 35.6. The zero-order chi connectivity index (χ0) is 19.7. The average molecular weight is 406 g/mol. The molecule has 0 aliphatic carbocycles. The van der Waals surface area contributed by atoms with Crippen LogP contribution in [0.3, 0.4) is 0 Å². The number of hydrogen-bond donors (Lipinski definition) is 2. The van der Waals surface area contributed by atoms with E-state index in [2.05, 4.69) is 10.6 Å². The van der Waals surface area contributed by atoms with E-state index in [4.69, 9.17) is 23.2 Å². The fourth-order valence-electron chi connectivity index (χ4n) is 2.85. The molecule has 27 heavy (non-hydrogen) atoms. The van der Waals surface area contributed by atoms with Crippen LogP contribution in [-0.4, -0.2) is 16.7 Å². The van der Waals surface area contributed by atoms with Crippen molar-refractivity contribution >= 4 is 40.7 Å². The monoisotopic (exact) mass is 405 g/mol. The maximum Gasteiger partial charge on any atom is 0.319 e. The fraction of sp³-hybridized carbons (Fsp3) is 0.111. The van der Waals surface area contributed by atoms with Crippen molar-refractivity contribution in [2.24, 2.45) is 0 Å². The predicted molar refractivity (Wildman–Crippen MR) is 101 cm³/mol. The Bertz CT molecular complexity index is 987. The number of allylic oxidation sites excluding steroid dienone is 1. The fourth-order valence-corrected chi connectivity index (χ4v) is 3.16. The van der Waals surface area contributed by atoms with Crippen LogP contribution >= 0.6 is 23.2 Å². The Morgan fingerprint density at radius 1 is 1.15 bits per heavy atom. The third-order valence-corrected chi connectivity index (χ3v) is 4.69. The van der Waals surface area contributed by atoms with Gasteiger partial charge < -0.3 is 10.6 Å². The zero-order valence-corrected chi connectivity index (χ0v) is 15.5. The largest absolute Gasteiger partial charge is 0.327 e. The van der Waals surface area contributed by atoms with Crippen molar-refractivity contribution in [2.45, 2.75) is 13.0 Å². The summed E-state index contributed by atoms with van der Waals surface area (Å²) in [5.74, 6) is -0.334. The molecule has 0 spiro atoms. The van der Waals surface area contributed by atoms with E-state index < -0.39 is 17.0 Å². The molecule has 9 heteroatoms. The van der Waals surface area contributed by atoms with Crippen molar-refractivity contribution in [1.29, 1.82) is 0 Å². The van der Waals surface area contributed by atoms with Crippen molar-refractivity contribution in [1.82, 2.24) is 10.6 Å². The van der Waals surface area contributed by atoms with Gasteiger partial charge in [-0.1, -0.05) is 29.3 Å². The molecule has 0 unspecified atom stereocenters. The number of benzene rings is 2. The molecule has 2 N–H and O–H groups in total. The Labute approximate surface area is 164 Å². The van der Waals surface area contributed by atoms with Crippen LogP contribution in [0.15, 0.2) is 53.7 Å². The minimum Gasteiger partial charge on any atom is -0.327 e. The zero-order valence-electron chi connectivity index (χ0n) is 14.0. The summed E-state index contributed by atoms with van der Waals surface area (Å²) in [6.07, 6.45) is 0. The summed E-state index contributed by atoms with van der Waals surface area (Å²) in [6, 6.07) is 9.09. The Balaban J connectivity index is 2.10. The quantitative estimate of drug-likeness (QED) is 0.446. The standard InChI is InChI=1S/C18H13Cl2N3O4/c1-9-15(17(24)10-2-5-12(19)6-3-10)16(22-18(25)21-9)11-4-7-13(20)14(8-11)23(26)27/h2-8,16H,1H3,(H2,21,22,25)/t16-/m1/s1. The van der Waals surface area contributed by atoms with E-state index in [0.29, 0.717) is 21.8 Å². The van der Waals surface area contributed by atoms with Crippen LogP contribution in [0.2, 0.25) is 10.0 Å². The van der Waals surface area contributed by atoms with Gasteiger partial charge in [-0.2, -0.15) is 0 Å². The number of carbonyl (C=O) groups is 2. The van der Waals surface area contributed by atoms with Crippen LogP contribution in [0.1, 0.15) is 28.9 Å². The Kier molecular flexibility index (Phi) is 5.16. The second kappa shape index (κ2) is 7.38. The molecule has 2 aromatic carbocycles. The molecule has 0 aromatic heterocycles. The molecular weight excluding hydrogens is 393 g/mol. The topological polar surface area (TPSA) is 101 Å². The minimum atomic E-state index is -0.863. The van der Waals surface area contributed by atoms with Gasteiger partial charge in [-0.3, -0.25) is 14.9 Å². The number of ketones is 1. The van der Waals surface area contributed by atoms with E-state index in [1.54, 1.807) is 31.2 Å². The van der Waals surface area contributed by atoms with Crippen molar-refractivity contribution in [3.63, 3.8) is 0 Å². The smallest absolute Gasteiger partial charge is 0.319 e. The first kappa shape index (κ1) is 18.9. The van der Waals surface area contributed by atoms with Gasteiger partial charge in [0.05, 0.1) is 11.0 Å². The normalized spacial score (nSPS) is 16.6. The summed E-state index contributed by atoms with van der Waals surface area (Å²) < 4.78 is 0. The predicted octanol–water partition coefficient (Wildman–Crippen LogP) is 4.41. The van der Waals surface area contributed by atoms with Crippen LogP contribution < -0.4 is 10.6 Å². The van der Waals surface area contributed by atoms with Gasteiger partial charge in [0.1, 0.15) is 5.02 Å². The Morgan fingerprint density at radius 3 is 2.44 bits per heavy atom. The molecule has 138 valence electrons. The van der Waals surface area contributed by atoms with E-state index >= 15 is 0 Å². The van der Waals surface area contributed by atoms with Crippen molar-refractivity contribution < 1.29 is 14.5 Å². The molecule has 0 radical (unpaired) electrons. The number of carbonyl (C=O) groups excluding carboxylic acids is 2. The van der Waals surface area contributed by atoms with E-state index in [1.165, 1.54) is 18.2 Å². The Morgan fingerprint density at radius 2 is 1.81 bits per heavy atom. The lowest BCUT2D eigenvalue weighted by atomic mass is 9.89. The second-order valence-electron chi connectivity index (χ2n) is 5.87. The highest BCUT2D eigenvalue weighted by molar-refractivity contribution is 6.32. The molecule has 1 aliphatic rings. The maximum atomic E-state index is 13.0. The van der Waals surface area contributed by atoms with Crippen LogP contribution in [0, 0.1) is 10.1 Å². The molecule has 2 aromatic rings. The van der Waals surface area contributed by atoms with Crippen molar-refractivity contribution in [2.75, 3.05) is 0 Å². The number of nitro benzene ring substituents is 1. The van der Waals surface area contributed by atoms with Crippen LogP contribution in [-0.2, 0) is 0 Å². The van der Waals surface area contributed by atoms with Gasteiger partial charge in [0.15, 0.2) is 5.78 Å². The average Bonchev–Trinajstić information content (AvgIpc) is 2.61. The lowest BCUT2D eigenvalue weighted by molar-refractivity contribution is -0.384. The third kappa shape index (κ3) is 3.79. The summed E-state index contributed by atoms with van der Waals surface area (Å²) in [7, 11) is 0. The highest BCUT2D eigenvalue weighted by Gasteiger charge is 2.32. The molecule has 1 heterocycles. The number of halogens is 2. The number of nitrogens with zero attached hydrogens (tertiary/aromatic N) is 1. The maximum absolute atomic E-state index is 13.0.